The zero-order chi connectivity index (χ0) is 12.9. The number of rotatable bonds is 8. The van der Waals surface area contributed by atoms with Gasteiger partial charge in [-0.05, 0) is 69.3 Å². The van der Waals surface area contributed by atoms with E-state index in [1.54, 1.807) is 0 Å². The van der Waals surface area contributed by atoms with Gasteiger partial charge in [0.25, 0.3) is 0 Å². The van der Waals surface area contributed by atoms with Crippen molar-refractivity contribution in [1.29, 1.82) is 0 Å². The largest absolute Gasteiger partial charge is 0.312 e. The van der Waals surface area contributed by atoms with Crippen LogP contribution in [0.5, 0.6) is 0 Å². The molecule has 1 saturated carbocycles. The van der Waals surface area contributed by atoms with Crippen LogP contribution in [0.15, 0.2) is 0 Å². The second-order valence-electron chi connectivity index (χ2n) is 6.83. The van der Waals surface area contributed by atoms with Crippen molar-refractivity contribution in [3.8, 4) is 0 Å². The molecule has 1 nitrogen and oxygen atoms in total. The molecule has 0 heterocycles. The summed E-state index contributed by atoms with van der Waals surface area (Å²) in [6, 6.07) is 0. The molecule has 1 rings (SSSR count). The predicted molar refractivity (Wildman–Crippen MR) is 80.8 cm³/mol. The normalized spacial score (nSPS) is 20.3. The highest BCUT2D eigenvalue weighted by atomic mass is 32.2. The van der Waals surface area contributed by atoms with E-state index in [1.165, 1.54) is 43.7 Å². The topological polar surface area (TPSA) is 12.0 Å². The van der Waals surface area contributed by atoms with Gasteiger partial charge in [-0.15, -0.1) is 0 Å². The minimum Gasteiger partial charge on any atom is -0.312 e. The van der Waals surface area contributed by atoms with E-state index in [1.807, 2.05) is 0 Å². The summed E-state index contributed by atoms with van der Waals surface area (Å²) < 4.78 is 0. The van der Waals surface area contributed by atoms with Crippen LogP contribution < -0.4 is 5.32 Å². The van der Waals surface area contributed by atoms with Crippen molar-refractivity contribution < 1.29 is 0 Å². The van der Waals surface area contributed by atoms with E-state index in [0.717, 1.165) is 5.92 Å². The van der Waals surface area contributed by atoms with E-state index in [4.69, 9.17) is 0 Å². The first-order valence-electron chi connectivity index (χ1n) is 7.20. The summed E-state index contributed by atoms with van der Waals surface area (Å²) in [5, 5.41) is 3.72. The standard InChI is InChI=1S/C15H31NS/c1-6-17-11-7-10-15(5,13-8-9-13)12-16-14(2,3)4/h13,16H,6-12H2,1-5H3. The van der Waals surface area contributed by atoms with Gasteiger partial charge in [0.05, 0.1) is 0 Å². The first-order valence-corrected chi connectivity index (χ1v) is 8.35. The number of hydrogen-bond donors (Lipinski definition) is 1. The number of nitrogens with one attached hydrogen (secondary N) is 1. The first kappa shape index (κ1) is 15.4. The third kappa shape index (κ3) is 6.15. The van der Waals surface area contributed by atoms with Gasteiger partial charge in [0.2, 0.25) is 0 Å². The predicted octanol–water partition coefficient (Wildman–Crippen LogP) is 4.32. The van der Waals surface area contributed by atoms with Gasteiger partial charge in [-0.3, -0.25) is 0 Å². The van der Waals surface area contributed by atoms with Gasteiger partial charge in [0.15, 0.2) is 0 Å². The van der Waals surface area contributed by atoms with Gasteiger partial charge in [0.1, 0.15) is 0 Å². The molecule has 102 valence electrons. The fourth-order valence-corrected chi connectivity index (χ4v) is 3.04. The van der Waals surface area contributed by atoms with Crippen LogP contribution in [-0.2, 0) is 0 Å². The fraction of sp³-hybridized carbons (Fsp3) is 1.00. The molecule has 0 aliphatic heterocycles. The fourth-order valence-electron chi connectivity index (χ4n) is 2.41. The van der Waals surface area contributed by atoms with Crippen molar-refractivity contribution in [2.75, 3.05) is 18.1 Å². The van der Waals surface area contributed by atoms with Crippen molar-refractivity contribution in [3.63, 3.8) is 0 Å². The molecule has 0 aromatic rings. The van der Waals surface area contributed by atoms with E-state index >= 15 is 0 Å². The average molecular weight is 257 g/mol. The van der Waals surface area contributed by atoms with Crippen LogP contribution in [0.2, 0.25) is 0 Å². The summed E-state index contributed by atoms with van der Waals surface area (Å²) in [7, 11) is 0. The molecule has 0 amide bonds. The lowest BCUT2D eigenvalue weighted by molar-refractivity contribution is 0.211. The Balaban J connectivity index is 2.34. The maximum atomic E-state index is 3.72. The quantitative estimate of drug-likeness (QED) is 0.650. The molecular weight excluding hydrogens is 226 g/mol. The molecule has 1 fully saturated rings. The maximum absolute atomic E-state index is 3.72. The van der Waals surface area contributed by atoms with Gasteiger partial charge in [-0.1, -0.05) is 13.8 Å². The lowest BCUT2D eigenvalue weighted by Gasteiger charge is -2.34. The van der Waals surface area contributed by atoms with Gasteiger partial charge in [-0.25, -0.2) is 0 Å². The third-order valence-electron chi connectivity index (χ3n) is 3.83. The van der Waals surface area contributed by atoms with Crippen LogP contribution >= 0.6 is 11.8 Å². The van der Waals surface area contributed by atoms with E-state index in [2.05, 4.69) is 51.7 Å². The van der Waals surface area contributed by atoms with Crippen LogP contribution in [0, 0.1) is 11.3 Å². The first-order chi connectivity index (χ1) is 7.87. The number of hydrogen-bond acceptors (Lipinski definition) is 2. The van der Waals surface area contributed by atoms with Crippen molar-refractivity contribution >= 4 is 11.8 Å². The van der Waals surface area contributed by atoms with E-state index in [-0.39, 0.29) is 5.54 Å². The van der Waals surface area contributed by atoms with Gasteiger partial charge < -0.3 is 5.32 Å². The van der Waals surface area contributed by atoms with Crippen molar-refractivity contribution in [3.05, 3.63) is 0 Å². The molecule has 1 aliphatic carbocycles. The highest BCUT2D eigenvalue weighted by Crippen LogP contribution is 2.48. The Hall–Kier alpha value is 0.310. The molecule has 0 radical (unpaired) electrons. The summed E-state index contributed by atoms with van der Waals surface area (Å²) in [4.78, 5) is 0. The zero-order valence-corrected chi connectivity index (χ0v) is 13.3. The van der Waals surface area contributed by atoms with Gasteiger partial charge in [0, 0.05) is 12.1 Å². The smallest absolute Gasteiger partial charge is 0.00967 e. The molecule has 1 unspecified atom stereocenters. The van der Waals surface area contributed by atoms with E-state index in [9.17, 15) is 0 Å². The zero-order valence-electron chi connectivity index (χ0n) is 12.4. The van der Waals surface area contributed by atoms with E-state index in [0.29, 0.717) is 5.41 Å². The molecule has 0 aromatic carbocycles. The van der Waals surface area contributed by atoms with Gasteiger partial charge >= 0.3 is 0 Å². The lowest BCUT2D eigenvalue weighted by atomic mass is 9.80. The van der Waals surface area contributed by atoms with Crippen molar-refractivity contribution in [2.24, 2.45) is 11.3 Å². The minimum atomic E-state index is 0.258. The molecule has 0 saturated heterocycles. The van der Waals surface area contributed by atoms with Crippen LogP contribution in [0.4, 0.5) is 0 Å². The molecule has 2 heteroatoms. The molecular formula is C15H31NS. The molecule has 0 aromatic heterocycles. The minimum absolute atomic E-state index is 0.258. The summed E-state index contributed by atoms with van der Waals surface area (Å²) >= 11 is 2.08. The molecule has 0 spiro atoms. The highest BCUT2D eigenvalue weighted by Gasteiger charge is 2.41. The third-order valence-corrected chi connectivity index (χ3v) is 4.81. The van der Waals surface area contributed by atoms with Crippen LogP contribution in [0.1, 0.15) is 60.3 Å². The van der Waals surface area contributed by atoms with E-state index < -0.39 is 0 Å². The van der Waals surface area contributed by atoms with Crippen LogP contribution in [0.25, 0.3) is 0 Å². The monoisotopic (exact) mass is 257 g/mol. The van der Waals surface area contributed by atoms with Crippen LogP contribution in [0.3, 0.4) is 0 Å². The van der Waals surface area contributed by atoms with Crippen molar-refractivity contribution in [1.82, 2.24) is 5.32 Å². The summed E-state index contributed by atoms with van der Waals surface area (Å²) in [5.41, 5.74) is 0.801. The Labute approximate surface area is 113 Å². The van der Waals surface area contributed by atoms with Crippen molar-refractivity contribution in [2.45, 2.75) is 65.8 Å². The summed E-state index contributed by atoms with van der Waals surface area (Å²) in [6.07, 6.45) is 5.71. The molecule has 17 heavy (non-hydrogen) atoms. The summed E-state index contributed by atoms with van der Waals surface area (Å²) in [5.74, 6) is 3.60. The SMILES string of the molecule is CCSCCCC(C)(CNC(C)(C)C)C1CC1. The average Bonchev–Trinajstić information content (AvgIpc) is 3.04. The highest BCUT2D eigenvalue weighted by molar-refractivity contribution is 7.99. The van der Waals surface area contributed by atoms with Gasteiger partial charge in [-0.2, -0.15) is 11.8 Å². The summed E-state index contributed by atoms with van der Waals surface area (Å²) in [6.45, 7) is 12.8. The maximum Gasteiger partial charge on any atom is 0.00967 e. The Kier molecular flexibility index (Phi) is 5.85. The molecule has 1 aliphatic rings. The Bertz CT molecular complexity index is 217. The Morgan fingerprint density at radius 2 is 1.82 bits per heavy atom. The number of thioether (sulfide) groups is 1. The van der Waals surface area contributed by atoms with Crippen LogP contribution in [-0.4, -0.2) is 23.6 Å². The second-order valence-corrected chi connectivity index (χ2v) is 8.23. The molecule has 1 atom stereocenters. The Morgan fingerprint density at radius 1 is 1.18 bits per heavy atom. The lowest BCUT2D eigenvalue weighted by Crippen LogP contribution is -2.43. The molecule has 0 bridgehead atoms. The second kappa shape index (κ2) is 6.47. The molecule has 1 N–H and O–H groups in total. The Morgan fingerprint density at radius 3 is 2.29 bits per heavy atom.